The zero-order valence-corrected chi connectivity index (χ0v) is 12.5. The van der Waals surface area contributed by atoms with Crippen LogP contribution in [0.5, 0.6) is 0 Å². The molecule has 1 saturated heterocycles. The molecule has 6 nitrogen and oxygen atoms in total. The van der Waals surface area contributed by atoms with Gasteiger partial charge in [-0.3, -0.25) is 4.79 Å². The molecule has 0 saturated carbocycles. The van der Waals surface area contributed by atoms with Crippen LogP contribution in [0.2, 0.25) is 0 Å². The van der Waals surface area contributed by atoms with Crippen molar-refractivity contribution < 1.29 is 4.79 Å². The summed E-state index contributed by atoms with van der Waals surface area (Å²) in [6.45, 7) is 3.93. The van der Waals surface area contributed by atoms with Gasteiger partial charge in [-0.05, 0) is 26.2 Å². The number of anilines is 2. The fourth-order valence-corrected chi connectivity index (χ4v) is 2.39. The van der Waals surface area contributed by atoms with E-state index in [1.54, 1.807) is 25.3 Å². The van der Waals surface area contributed by atoms with Gasteiger partial charge >= 0.3 is 0 Å². The van der Waals surface area contributed by atoms with Crippen LogP contribution in [-0.2, 0) is 4.79 Å². The maximum Gasteiger partial charge on any atom is 0.244 e. The molecule has 1 amide bonds. The largest absolute Gasteiger partial charge is 0.358 e. The Labute approximate surface area is 120 Å². The Morgan fingerprint density at radius 3 is 2.65 bits per heavy atom. The third-order valence-electron chi connectivity index (χ3n) is 3.51. The summed E-state index contributed by atoms with van der Waals surface area (Å²) in [5, 5.41) is 3.13. The van der Waals surface area contributed by atoms with E-state index in [1.807, 2.05) is 13.0 Å². The number of aromatic nitrogens is 2. The SMILES string of the molecule is C[C@H](Nc1cc(N2CCCCC2)ncn1)C(=O)N(C)C. The third-order valence-corrected chi connectivity index (χ3v) is 3.51. The van der Waals surface area contributed by atoms with Crippen molar-refractivity contribution in [1.82, 2.24) is 14.9 Å². The number of amides is 1. The smallest absolute Gasteiger partial charge is 0.244 e. The summed E-state index contributed by atoms with van der Waals surface area (Å²) in [4.78, 5) is 24.2. The summed E-state index contributed by atoms with van der Waals surface area (Å²) in [5.41, 5.74) is 0. The Balaban J connectivity index is 2.03. The quantitative estimate of drug-likeness (QED) is 0.900. The Hall–Kier alpha value is -1.85. The summed E-state index contributed by atoms with van der Waals surface area (Å²) in [6.07, 6.45) is 5.27. The second kappa shape index (κ2) is 6.54. The van der Waals surface area contributed by atoms with Gasteiger partial charge in [0.05, 0.1) is 0 Å². The van der Waals surface area contributed by atoms with E-state index in [0.717, 1.165) is 18.9 Å². The standard InChI is InChI=1S/C14H23N5O/c1-11(14(20)18(2)3)17-12-9-13(16-10-15-12)19-7-5-4-6-8-19/h9-11H,4-8H2,1-3H3,(H,15,16,17)/t11-/m0/s1. The highest BCUT2D eigenvalue weighted by Gasteiger charge is 2.16. The van der Waals surface area contributed by atoms with Crippen LogP contribution in [0.3, 0.4) is 0 Å². The van der Waals surface area contributed by atoms with E-state index in [-0.39, 0.29) is 11.9 Å². The minimum absolute atomic E-state index is 0.0307. The molecule has 1 aromatic rings. The zero-order chi connectivity index (χ0) is 14.5. The Kier molecular flexibility index (Phi) is 4.76. The number of nitrogens with one attached hydrogen (secondary N) is 1. The van der Waals surface area contributed by atoms with Crippen molar-refractivity contribution in [2.75, 3.05) is 37.4 Å². The predicted molar refractivity (Wildman–Crippen MR) is 79.9 cm³/mol. The molecule has 0 unspecified atom stereocenters. The molecule has 0 aromatic carbocycles. The lowest BCUT2D eigenvalue weighted by Gasteiger charge is -2.28. The van der Waals surface area contributed by atoms with Gasteiger partial charge < -0.3 is 15.1 Å². The van der Waals surface area contributed by atoms with E-state index >= 15 is 0 Å². The first-order valence-corrected chi connectivity index (χ1v) is 7.12. The lowest BCUT2D eigenvalue weighted by atomic mass is 10.1. The van der Waals surface area contributed by atoms with Gasteiger partial charge in [0.15, 0.2) is 0 Å². The summed E-state index contributed by atoms with van der Waals surface area (Å²) in [6, 6.07) is 1.62. The highest BCUT2D eigenvalue weighted by atomic mass is 16.2. The van der Waals surface area contributed by atoms with Crippen LogP contribution < -0.4 is 10.2 Å². The van der Waals surface area contributed by atoms with Crippen molar-refractivity contribution in [2.24, 2.45) is 0 Å². The Morgan fingerprint density at radius 1 is 1.30 bits per heavy atom. The second-order valence-electron chi connectivity index (χ2n) is 5.41. The van der Waals surface area contributed by atoms with Gasteiger partial charge in [0.2, 0.25) is 5.91 Å². The maximum atomic E-state index is 11.8. The summed E-state index contributed by atoms with van der Waals surface area (Å²) in [7, 11) is 3.50. The van der Waals surface area contributed by atoms with E-state index < -0.39 is 0 Å². The number of nitrogens with zero attached hydrogens (tertiary/aromatic N) is 4. The van der Waals surface area contributed by atoms with Crippen molar-refractivity contribution >= 4 is 17.5 Å². The number of piperidine rings is 1. The van der Waals surface area contributed by atoms with Crippen LogP contribution >= 0.6 is 0 Å². The van der Waals surface area contributed by atoms with Crippen molar-refractivity contribution in [3.8, 4) is 0 Å². The fourth-order valence-electron chi connectivity index (χ4n) is 2.39. The molecule has 1 aliphatic heterocycles. The number of hydrogen-bond acceptors (Lipinski definition) is 5. The summed E-state index contributed by atoms with van der Waals surface area (Å²) < 4.78 is 0. The molecular formula is C14H23N5O. The normalized spacial score (nSPS) is 16.6. The second-order valence-corrected chi connectivity index (χ2v) is 5.41. The monoisotopic (exact) mass is 277 g/mol. The van der Waals surface area contributed by atoms with Crippen molar-refractivity contribution in [3.63, 3.8) is 0 Å². The van der Waals surface area contributed by atoms with E-state index in [2.05, 4.69) is 20.2 Å². The van der Waals surface area contributed by atoms with E-state index in [1.165, 1.54) is 19.3 Å². The molecule has 20 heavy (non-hydrogen) atoms. The van der Waals surface area contributed by atoms with Crippen LogP contribution in [0.4, 0.5) is 11.6 Å². The summed E-state index contributed by atoms with van der Waals surface area (Å²) >= 11 is 0. The van der Waals surface area contributed by atoms with Crippen LogP contribution in [0, 0.1) is 0 Å². The molecule has 0 bridgehead atoms. The summed E-state index contributed by atoms with van der Waals surface area (Å²) in [5.74, 6) is 1.66. The topological polar surface area (TPSA) is 61.4 Å². The van der Waals surface area contributed by atoms with Gasteiger partial charge in [-0.25, -0.2) is 9.97 Å². The predicted octanol–water partition coefficient (Wildman–Crippen LogP) is 1.36. The van der Waals surface area contributed by atoms with Crippen molar-refractivity contribution in [3.05, 3.63) is 12.4 Å². The van der Waals surface area contributed by atoms with E-state index in [0.29, 0.717) is 5.82 Å². The molecule has 6 heteroatoms. The van der Waals surface area contributed by atoms with Gasteiger partial charge in [-0.2, -0.15) is 0 Å². The first kappa shape index (κ1) is 14.6. The van der Waals surface area contributed by atoms with Crippen LogP contribution in [0.25, 0.3) is 0 Å². The number of carbonyl (C=O) groups is 1. The molecule has 1 aliphatic rings. The van der Waals surface area contributed by atoms with Gasteiger partial charge in [-0.15, -0.1) is 0 Å². The van der Waals surface area contributed by atoms with E-state index in [9.17, 15) is 4.79 Å². The zero-order valence-electron chi connectivity index (χ0n) is 12.5. The van der Waals surface area contributed by atoms with Crippen LogP contribution in [0.15, 0.2) is 12.4 Å². The molecule has 2 heterocycles. The van der Waals surface area contributed by atoms with Gasteiger partial charge in [0.25, 0.3) is 0 Å². The molecule has 0 aliphatic carbocycles. The molecule has 0 spiro atoms. The van der Waals surface area contributed by atoms with Gasteiger partial charge in [0.1, 0.15) is 24.0 Å². The number of carbonyl (C=O) groups excluding carboxylic acids is 1. The molecule has 1 N–H and O–H groups in total. The molecule has 110 valence electrons. The maximum absolute atomic E-state index is 11.8. The molecular weight excluding hydrogens is 254 g/mol. The average molecular weight is 277 g/mol. The lowest BCUT2D eigenvalue weighted by molar-refractivity contribution is -0.129. The Morgan fingerprint density at radius 2 is 2.00 bits per heavy atom. The first-order valence-electron chi connectivity index (χ1n) is 7.12. The number of hydrogen-bond donors (Lipinski definition) is 1. The molecule has 1 aromatic heterocycles. The minimum atomic E-state index is -0.297. The molecule has 1 atom stereocenters. The van der Waals surface area contributed by atoms with Gasteiger partial charge in [0, 0.05) is 33.3 Å². The molecule has 0 radical (unpaired) electrons. The highest BCUT2D eigenvalue weighted by molar-refractivity contribution is 5.83. The lowest BCUT2D eigenvalue weighted by Crippen LogP contribution is -2.37. The Bertz CT molecular complexity index is 457. The minimum Gasteiger partial charge on any atom is -0.358 e. The first-order chi connectivity index (χ1) is 9.58. The van der Waals surface area contributed by atoms with Crippen molar-refractivity contribution in [2.45, 2.75) is 32.2 Å². The van der Waals surface area contributed by atoms with Crippen molar-refractivity contribution in [1.29, 1.82) is 0 Å². The fraction of sp³-hybridized carbons (Fsp3) is 0.643. The third kappa shape index (κ3) is 3.59. The number of likely N-dealkylation sites (N-methyl/N-ethyl adjacent to an activating group) is 1. The molecule has 1 fully saturated rings. The highest BCUT2D eigenvalue weighted by Crippen LogP contribution is 2.19. The molecule has 2 rings (SSSR count). The van der Waals surface area contributed by atoms with Crippen LogP contribution in [0.1, 0.15) is 26.2 Å². The van der Waals surface area contributed by atoms with E-state index in [4.69, 9.17) is 0 Å². The average Bonchev–Trinajstić information content (AvgIpc) is 2.47. The van der Waals surface area contributed by atoms with Crippen LogP contribution in [-0.4, -0.2) is 54.0 Å². The number of rotatable bonds is 4. The van der Waals surface area contributed by atoms with Gasteiger partial charge in [-0.1, -0.05) is 0 Å².